The Kier molecular flexibility index (Phi) is 6.85. The molecule has 0 aliphatic heterocycles. The van der Waals surface area contributed by atoms with Crippen molar-refractivity contribution in [1.82, 2.24) is 15.0 Å². The van der Waals surface area contributed by atoms with Gasteiger partial charge in [0.1, 0.15) is 4.75 Å². The first kappa shape index (κ1) is 23.0. The Morgan fingerprint density at radius 3 is 2.55 bits per heavy atom. The number of alkyl halides is 3. The molecule has 0 spiro atoms. The van der Waals surface area contributed by atoms with Crippen LogP contribution in [0.1, 0.15) is 25.1 Å². The van der Waals surface area contributed by atoms with Crippen molar-refractivity contribution >= 4 is 35.0 Å². The second-order valence-electron chi connectivity index (χ2n) is 7.07. The Morgan fingerprint density at radius 1 is 1.19 bits per heavy atom. The van der Waals surface area contributed by atoms with E-state index in [4.69, 9.17) is 0 Å². The zero-order valence-corrected chi connectivity index (χ0v) is 18.2. The van der Waals surface area contributed by atoms with E-state index in [0.29, 0.717) is 34.4 Å². The lowest BCUT2D eigenvalue weighted by Crippen LogP contribution is -2.26. The molecule has 6 nitrogen and oxygen atoms in total. The summed E-state index contributed by atoms with van der Waals surface area (Å²) in [6.07, 6.45) is -0.883. The van der Waals surface area contributed by atoms with Crippen molar-refractivity contribution in [2.24, 2.45) is 0 Å². The minimum Gasteiger partial charge on any atom is -0.480 e. The van der Waals surface area contributed by atoms with Crippen LogP contribution < -0.4 is 5.32 Å². The van der Waals surface area contributed by atoms with E-state index in [1.54, 1.807) is 19.9 Å². The van der Waals surface area contributed by atoms with Crippen LogP contribution in [0.15, 0.2) is 46.4 Å². The van der Waals surface area contributed by atoms with E-state index in [9.17, 15) is 23.1 Å². The largest absolute Gasteiger partial charge is 0.480 e. The number of carbonyl (C=O) groups is 1. The number of hydrogen-bond donors (Lipinski definition) is 2. The Balaban J connectivity index is 1.55. The molecule has 2 N–H and O–H groups in total. The van der Waals surface area contributed by atoms with Crippen molar-refractivity contribution in [1.29, 1.82) is 0 Å². The van der Waals surface area contributed by atoms with Crippen LogP contribution in [0.4, 0.5) is 19.1 Å². The minimum absolute atomic E-state index is 0.354. The fraction of sp³-hybridized carbons (Fsp3) is 0.300. The highest BCUT2D eigenvalue weighted by Crippen LogP contribution is 2.35. The second kappa shape index (κ2) is 9.23. The molecule has 2 aromatic heterocycles. The summed E-state index contributed by atoms with van der Waals surface area (Å²) in [6.45, 7) is 3.76. The SMILES string of the molecule is CC(C)(Sc1nc(CCNc2ncc(-c3cccc(C(F)(F)F)c3)cn2)cs1)C(=O)O. The number of halogens is 3. The van der Waals surface area contributed by atoms with Gasteiger partial charge in [0, 0.05) is 36.3 Å². The lowest BCUT2D eigenvalue weighted by Gasteiger charge is -2.15. The molecule has 0 saturated heterocycles. The van der Waals surface area contributed by atoms with Crippen molar-refractivity contribution in [2.75, 3.05) is 11.9 Å². The van der Waals surface area contributed by atoms with Gasteiger partial charge >= 0.3 is 12.1 Å². The van der Waals surface area contributed by atoms with Gasteiger partial charge in [-0.1, -0.05) is 23.9 Å². The number of anilines is 1. The summed E-state index contributed by atoms with van der Waals surface area (Å²) in [5, 5.41) is 14.1. The van der Waals surface area contributed by atoms with Gasteiger partial charge in [-0.2, -0.15) is 13.2 Å². The number of thioether (sulfide) groups is 1. The van der Waals surface area contributed by atoms with E-state index in [0.717, 1.165) is 17.8 Å². The van der Waals surface area contributed by atoms with Gasteiger partial charge in [0.2, 0.25) is 5.95 Å². The zero-order valence-electron chi connectivity index (χ0n) is 16.6. The van der Waals surface area contributed by atoms with Gasteiger partial charge in [-0.15, -0.1) is 11.3 Å². The average molecular weight is 469 g/mol. The monoisotopic (exact) mass is 468 g/mol. The maximum atomic E-state index is 12.9. The highest BCUT2D eigenvalue weighted by molar-refractivity contribution is 8.02. The topological polar surface area (TPSA) is 88.0 Å². The number of nitrogens with one attached hydrogen (secondary N) is 1. The number of rotatable bonds is 8. The molecule has 0 atom stereocenters. The molecule has 31 heavy (non-hydrogen) atoms. The second-order valence-corrected chi connectivity index (χ2v) is 9.80. The predicted molar refractivity (Wildman–Crippen MR) is 114 cm³/mol. The molecule has 0 aliphatic rings. The van der Waals surface area contributed by atoms with Gasteiger partial charge in [-0.05, 0) is 31.5 Å². The Morgan fingerprint density at radius 2 is 1.90 bits per heavy atom. The van der Waals surface area contributed by atoms with Crippen LogP contribution in [-0.2, 0) is 17.4 Å². The molecule has 0 fully saturated rings. The van der Waals surface area contributed by atoms with Crippen LogP contribution in [0.25, 0.3) is 11.1 Å². The number of aromatic nitrogens is 3. The van der Waals surface area contributed by atoms with Gasteiger partial charge in [0.05, 0.1) is 11.3 Å². The van der Waals surface area contributed by atoms with Crippen molar-refractivity contribution in [2.45, 2.75) is 35.5 Å². The molecule has 0 aliphatic carbocycles. The maximum Gasteiger partial charge on any atom is 0.416 e. The highest BCUT2D eigenvalue weighted by atomic mass is 32.2. The van der Waals surface area contributed by atoms with E-state index in [1.165, 1.54) is 41.6 Å². The summed E-state index contributed by atoms with van der Waals surface area (Å²) < 4.78 is 38.3. The molecule has 11 heteroatoms. The first-order valence-electron chi connectivity index (χ1n) is 9.15. The third-order valence-electron chi connectivity index (χ3n) is 4.23. The standard InChI is InChI=1S/C20H19F3N4O2S2/c1-19(2,16(28)29)31-18-27-15(11-30-18)6-7-24-17-25-9-13(10-26-17)12-4-3-5-14(8-12)20(21,22)23/h3-5,8-11H,6-7H2,1-2H3,(H,28,29)(H,24,25,26). The fourth-order valence-corrected chi connectivity index (χ4v) is 4.68. The molecule has 1 aromatic carbocycles. The predicted octanol–water partition coefficient (Wildman–Crippen LogP) is 5.23. The van der Waals surface area contributed by atoms with Gasteiger partial charge in [0.15, 0.2) is 4.34 Å². The first-order valence-corrected chi connectivity index (χ1v) is 10.8. The summed E-state index contributed by atoms with van der Waals surface area (Å²) in [5.41, 5.74) is 0.971. The first-order chi connectivity index (χ1) is 14.5. The number of hydrogen-bond acceptors (Lipinski definition) is 7. The Hall–Kier alpha value is -2.66. The lowest BCUT2D eigenvalue weighted by atomic mass is 10.1. The normalized spacial score (nSPS) is 12.0. The van der Waals surface area contributed by atoms with Gasteiger partial charge in [-0.25, -0.2) is 15.0 Å². The fourth-order valence-electron chi connectivity index (χ4n) is 2.46. The lowest BCUT2D eigenvalue weighted by molar-refractivity contribution is -0.139. The Labute approximate surface area is 185 Å². The van der Waals surface area contributed by atoms with E-state index >= 15 is 0 Å². The van der Waals surface area contributed by atoms with E-state index in [2.05, 4.69) is 20.3 Å². The molecule has 0 radical (unpaired) electrons. The van der Waals surface area contributed by atoms with Crippen LogP contribution in [0, 0.1) is 0 Å². The van der Waals surface area contributed by atoms with Crippen LogP contribution in [-0.4, -0.2) is 37.3 Å². The van der Waals surface area contributed by atoms with Gasteiger partial charge in [0.25, 0.3) is 0 Å². The highest BCUT2D eigenvalue weighted by Gasteiger charge is 2.31. The van der Waals surface area contributed by atoms with Gasteiger partial charge in [-0.3, -0.25) is 4.79 Å². The maximum absolute atomic E-state index is 12.9. The summed E-state index contributed by atoms with van der Waals surface area (Å²) >= 11 is 2.59. The number of aliphatic carboxylic acids is 1. The third kappa shape index (κ3) is 6.17. The molecule has 3 rings (SSSR count). The van der Waals surface area contributed by atoms with Gasteiger partial charge < -0.3 is 10.4 Å². The van der Waals surface area contributed by atoms with Crippen LogP contribution in [0.2, 0.25) is 0 Å². The van der Waals surface area contributed by atoms with Crippen molar-refractivity contribution in [3.8, 4) is 11.1 Å². The van der Waals surface area contributed by atoms with Crippen LogP contribution in [0.3, 0.4) is 0 Å². The quantitative estimate of drug-likeness (QED) is 0.438. The molecule has 2 heterocycles. The summed E-state index contributed by atoms with van der Waals surface area (Å²) in [6, 6.07) is 5.01. The Bertz CT molecular complexity index is 1050. The number of carboxylic acid groups (broad SMARTS) is 1. The van der Waals surface area contributed by atoms with E-state index < -0.39 is 22.5 Å². The summed E-state index contributed by atoms with van der Waals surface area (Å²) in [4.78, 5) is 24.0. The zero-order chi connectivity index (χ0) is 22.6. The summed E-state index contributed by atoms with van der Waals surface area (Å²) in [5.74, 6) is -0.547. The van der Waals surface area contributed by atoms with E-state index in [-0.39, 0.29) is 0 Å². The third-order valence-corrected chi connectivity index (χ3v) is 6.40. The van der Waals surface area contributed by atoms with Crippen molar-refractivity contribution < 1.29 is 23.1 Å². The number of carboxylic acids is 1. The minimum atomic E-state index is -4.41. The van der Waals surface area contributed by atoms with Crippen molar-refractivity contribution in [3.05, 3.63) is 53.3 Å². The average Bonchev–Trinajstić information content (AvgIpc) is 3.14. The smallest absolute Gasteiger partial charge is 0.416 e. The summed E-state index contributed by atoms with van der Waals surface area (Å²) in [7, 11) is 0. The van der Waals surface area contributed by atoms with Crippen LogP contribution >= 0.6 is 23.1 Å². The number of nitrogens with zero attached hydrogens (tertiary/aromatic N) is 3. The molecule has 0 amide bonds. The molecular weight excluding hydrogens is 449 g/mol. The molecule has 3 aromatic rings. The molecule has 0 unspecified atom stereocenters. The molecule has 0 saturated carbocycles. The van der Waals surface area contributed by atoms with E-state index in [1.807, 2.05) is 5.38 Å². The molecule has 0 bridgehead atoms. The molecular formula is C20H19F3N4O2S2. The number of benzene rings is 1. The van der Waals surface area contributed by atoms with Crippen LogP contribution in [0.5, 0.6) is 0 Å². The van der Waals surface area contributed by atoms with Crippen molar-refractivity contribution in [3.63, 3.8) is 0 Å². The molecule has 164 valence electrons. The number of thiazole rings is 1.